The highest BCUT2D eigenvalue weighted by atomic mass is 35.5. The lowest BCUT2D eigenvalue weighted by atomic mass is 10.0. The highest BCUT2D eigenvalue weighted by Crippen LogP contribution is 2.30. The van der Waals surface area contributed by atoms with Crippen LogP contribution in [0.1, 0.15) is 49.9 Å². The lowest BCUT2D eigenvalue weighted by Crippen LogP contribution is -2.43. The number of amides is 2. The quantitative estimate of drug-likeness (QED) is 0.471. The van der Waals surface area contributed by atoms with E-state index in [1.54, 1.807) is 12.1 Å². The number of nitrogens with zero attached hydrogens (tertiary/aromatic N) is 3. The monoisotopic (exact) mass is 487 g/mol. The molecule has 1 saturated carbocycles. The number of likely N-dealkylation sites (tertiary alicyclic amines) is 1. The number of piperidine rings is 1. The number of nitrogens with two attached hydrogens (primary N) is 1. The molecule has 4 rings (SSSR count). The van der Waals surface area contributed by atoms with Crippen molar-refractivity contribution in [1.82, 2.24) is 20.2 Å². The number of aromatic nitrogens is 2. The van der Waals surface area contributed by atoms with E-state index in [1.807, 2.05) is 12.1 Å². The first-order valence-electron chi connectivity index (χ1n) is 11.3. The van der Waals surface area contributed by atoms with Crippen molar-refractivity contribution >= 4 is 40.9 Å². The molecule has 2 amide bonds. The number of anilines is 3. The summed E-state index contributed by atoms with van der Waals surface area (Å²) >= 11 is 6.27. The van der Waals surface area contributed by atoms with Gasteiger partial charge in [0.15, 0.2) is 5.82 Å². The molecule has 1 aliphatic heterocycles. The van der Waals surface area contributed by atoms with E-state index < -0.39 is 0 Å². The fraction of sp³-hybridized carbons (Fsp3) is 0.500. The van der Waals surface area contributed by atoms with Crippen molar-refractivity contribution in [2.24, 2.45) is 11.7 Å². The van der Waals surface area contributed by atoms with Crippen molar-refractivity contribution in [1.29, 1.82) is 0 Å². The van der Waals surface area contributed by atoms with Crippen LogP contribution in [0, 0.1) is 5.92 Å². The Labute approximate surface area is 205 Å². The van der Waals surface area contributed by atoms with Gasteiger partial charge in [0.25, 0.3) is 5.91 Å². The van der Waals surface area contributed by atoms with Gasteiger partial charge in [-0.05, 0) is 70.1 Å². The second-order valence-corrected chi connectivity index (χ2v) is 9.24. The molecule has 184 valence electrons. The molecular formula is C24H34ClN7O2. The Kier molecular flexibility index (Phi) is 8.68. The molecule has 0 spiro atoms. The van der Waals surface area contributed by atoms with E-state index in [0.717, 1.165) is 50.9 Å². The first-order valence-corrected chi connectivity index (χ1v) is 11.7. The minimum absolute atomic E-state index is 0. The molecule has 34 heavy (non-hydrogen) atoms. The third-order valence-electron chi connectivity index (χ3n) is 6.40. The van der Waals surface area contributed by atoms with Gasteiger partial charge in [0.05, 0.1) is 12.1 Å². The van der Waals surface area contributed by atoms with Crippen LogP contribution in [0.25, 0.3) is 0 Å². The number of hydrogen-bond donors (Lipinski definition) is 4. The summed E-state index contributed by atoms with van der Waals surface area (Å²) in [6, 6.07) is 7.30. The summed E-state index contributed by atoms with van der Waals surface area (Å²) in [6.45, 7) is 1.99. The largest absolute Gasteiger partial charge is 0.369 e. The number of hydrogen-bond acceptors (Lipinski definition) is 7. The number of carbonyl (C=O) groups is 2. The molecule has 2 aliphatic rings. The van der Waals surface area contributed by atoms with Crippen LogP contribution in [-0.4, -0.2) is 58.9 Å². The van der Waals surface area contributed by atoms with Crippen LogP contribution >= 0.6 is 11.6 Å². The maximum Gasteiger partial charge on any atom is 0.251 e. The van der Waals surface area contributed by atoms with Crippen molar-refractivity contribution < 1.29 is 9.59 Å². The summed E-state index contributed by atoms with van der Waals surface area (Å²) in [6.07, 6.45) is 5.96. The zero-order valence-corrected chi connectivity index (χ0v) is 19.4. The zero-order chi connectivity index (χ0) is 23.4. The lowest BCUT2D eigenvalue weighted by Gasteiger charge is -2.29. The molecule has 0 radical (unpaired) electrons. The SMILES string of the molecule is C.CN1CCC(NC(=O)c2ccc(Nc3ncc(Cl)c(N[C@@H]4CCC[C@@H]4C(N)=O)n3)cc2)CC1. The summed E-state index contributed by atoms with van der Waals surface area (Å²) in [4.78, 5) is 35.2. The topological polar surface area (TPSA) is 125 Å². The van der Waals surface area contributed by atoms with E-state index >= 15 is 0 Å². The van der Waals surface area contributed by atoms with Crippen LogP contribution in [0.5, 0.6) is 0 Å². The number of benzene rings is 1. The fourth-order valence-electron chi connectivity index (χ4n) is 4.43. The van der Waals surface area contributed by atoms with Gasteiger partial charge in [-0.15, -0.1) is 0 Å². The average Bonchev–Trinajstić information content (AvgIpc) is 3.27. The average molecular weight is 488 g/mol. The van der Waals surface area contributed by atoms with Gasteiger partial charge < -0.3 is 26.6 Å². The van der Waals surface area contributed by atoms with E-state index in [9.17, 15) is 9.59 Å². The molecule has 0 bridgehead atoms. The second kappa shape index (κ2) is 11.5. The molecule has 1 aliphatic carbocycles. The number of rotatable bonds is 7. The molecule has 1 aromatic carbocycles. The van der Waals surface area contributed by atoms with Crippen molar-refractivity contribution in [3.05, 3.63) is 41.0 Å². The van der Waals surface area contributed by atoms with Gasteiger partial charge in [-0.2, -0.15) is 4.98 Å². The number of carbonyl (C=O) groups excluding carboxylic acids is 2. The molecule has 2 heterocycles. The lowest BCUT2D eigenvalue weighted by molar-refractivity contribution is -0.121. The Bertz CT molecular complexity index is 993. The minimum atomic E-state index is -0.312. The van der Waals surface area contributed by atoms with Crippen molar-refractivity contribution in [3.63, 3.8) is 0 Å². The summed E-state index contributed by atoms with van der Waals surface area (Å²) in [5.41, 5.74) is 6.87. The van der Waals surface area contributed by atoms with Gasteiger partial charge in [0.2, 0.25) is 11.9 Å². The van der Waals surface area contributed by atoms with Crippen molar-refractivity contribution in [2.45, 2.75) is 51.6 Å². The molecule has 2 fully saturated rings. The molecule has 2 atom stereocenters. The highest BCUT2D eigenvalue weighted by molar-refractivity contribution is 6.32. The smallest absolute Gasteiger partial charge is 0.251 e. The van der Waals surface area contributed by atoms with Crippen LogP contribution < -0.4 is 21.7 Å². The van der Waals surface area contributed by atoms with E-state index in [2.05, 4.69) is 37.9 Å². The van der Waals surface area contributed by atoms with Gasteiger partial charge >= 0.3 is 0 Å². The molecule has 2 aromatic rings. The van der Waals surface area contributed by atoms with Gasteiger partial charge in [-0.3, -0.25) is 9.59 Å². The van der Waals surface area contributed by atoms with Crippen LogP contribution in [0.2, 0.25) is 5.02 Å². The Balaban J connectivity index is 0.00000324. The molecule has 0 unspecified atom stereocenters. The second-order valence-electron chi connectivity index (χ2n) is 8.83. The fourth-order valence-corrected chi connectivity index (χ4v) is 4.58. The van der Waals surface area contributed by atoms with Crippen LogP contribution in [0.3, 0.4) is 0 Å². The summed E-state index contributed by atoms with van der Waals surface area (Å²) in [5.74, 6) is 0.209. The highest BCUT2D eigenvalue weighted by Gasteiger charge is 2.32. The molecule has 9 nitrogen and oxygen atoms in total. The Morgan fingerprint density at radius 2 is 1.82 bits per heavy atom. The Morgan fingerprint density at radius 3 is 2.50 bits per heavy atom. The summed E-state index contributed by atoms with van der Waals surface area (Å²) < 4.78 is 0. The maximum absolute atomic E-state index is 12.6. The standard InChI is InChI=1S/C23H30ClN7O2.CH4/c1-31-11-9-16(10-12-31)27-22(33)14-5-7-15(8-6-14)28-23-26-13-18(24)21(30-23)29-19-4-2-3-17(19)20(25)32;/h5-8,13,16-17,19H,2-4,9-12H2,1H3,(H2,25,32)(H,27,33)(H2,26,28,29,30);1H4/t17-,19+;/m0./s1. The molecular weight excluding hydrogens is 454 g/mol. The first kappa shape index (κ1) is 25.7. The Morgan fingerprint density at radius 1 is 1.12 bits per heavy atom. The zero-order valence-electron chi connectivity index (χ0n) is 18.7. The van der Waals surface area contributed by atoms with Gasteiger partial charge in [0, 0.05) is 23.3 Å². The van der Waals surface area contributed by atoms with E-state index in [0.29, 0.717) is 22.4 Å². The molecule has 1 saturated heterocycles. The number of nitrogens with one attached hydrogen (secondary N) is 3. The van der Waals surface area contributed by atoms with E-state index in [-0.39, 0.29) is 37.2 Å². The van der Waals surface area contributed by atoms with Crippen LogP contribution in [-0.2, 0) is 4.79 Å². The van der Waals surface area contributed by atoms with Crippen molar-refractivity contribution in [2.75, 3.05) is 30.8 Å². The van der Waals surface area contributed by atoms with Crippen LogP contribution in [0.4, 0.5) is 17.5 Å². The van der Waals surface area contributed by atoms with E-state index in [4.69, 9.17) is 17.3 Å². The third-order valence-corrected chi connectivity index (χ3v) is 6.68. The predicted molar refractivity (Wildman–Crippen MR) is 135 cm³/mol. The van der Waals surface area contributed by atoms with E-state index in [1.165, 1.54) is 6.20 Å². The number of halogens is 1. The predicted octanol–water partition coefficient (Wildman–Crippen LogP) is 3.40. The van der Waals surface area contributed by atoms with Gasteiger partial charge in [-0.1, -0.05) is 25.4 Å². The number of primary amides is 1. The first-order chi connectivity index (χ1) is 15.9. The van der Waals surface area contributed by atoms with Crippen molar-refractivity contribution in [3.8, 4) is 0 Å². The Hall–Kier alpha value is -2.91. The summed E-state index contributed by atoms with van der Waals surface area (Å²) in [5, 5.41) is 9.88. The van der Waals surface area contributed by atoms with Gasteiger partial charge in [-0.25, -0.2) is 4.98 Å². The minimum Gasteiger partial charge on any atom is -0.369 e. The molecule has 10 heteroatoms. The maximum atomic E-state index is 12.6. The third kappa shape index (κ3) is 6.36. The normalized spacial score (nSPS) is 20.9. The molecule has 1 aromatic heterocycles. The van der Waals surface area contributed by atoms with Gasteiger partial charge in [0.1, 0.15) is 5.02 Å². The van der Waals surface area contributed by atoms with Crippen LogP contribution in [0.15, 0.2) is 30.5 Å². The molecule has 5 N–H and O–H groups in total. The summed E-state index contributed by atoms with van der Waals surface area (Å²) in [7, 11) is 2.10.